The van der Waals surface area contributed by atoms with Gasteiger partial charge in [0.15, 0.2) is 0 Å². The standard InChI is InChI=1S/C17H21ClN2O3S/c1-3-20(9-10-21)16-6-4-5-12(2)17(16)24(22,23)13-7-8-15(19)14(18)11-13/h4-8,11,21H,3,9-10,19H2,1-2H3. The second-order valence-electron chi connectivity index (χ2n) is 5.41. The largest absolute Gasteiger partial charge is 0.398 e. The third kappa shape index (κ3) is 3.50. The quantitative estimate of drug-likeness (QED) is 0.766. The molecule has 0 aliphatic carbocycles. The highest BCUT2D eigenvalue weighted by Gasteiger charge is 2.26. The number of hydrogen-bond donors (Lipinski definition) is 2. The summed E-state index contributed by atoms with van der Waals surface area (Å²) in [5.74, 6) is 0. The first-order chi connectivity index (χ1) is 11.3. The Morgan fingerprint density at radius 3 is 2.54 bits per heavy atom. The van der Waals surface area contributed by atoms with E-state index in [1.165, 1.54) is 18.2 Å². The third-order valence-corrected chi connectivity index (χ3v) is 6.10. The van der Waals surface area contributed by atoms with Crippen LogP contribution in [0.25, 0.3) is 0 Å². The Hall–Kier alpha value is -1.76. The molecule has 0 heterocycles. The fraction of sp³-hybridized carbons (Fsp3) is 0.294. The summed E-state index contributed by atoms with van der Waals surface area (Å²) in [6.07, 6.45) is 0. The topological polar surface area (TPSA) is 83.6 Å². The molecule has 24 heavy (non-hydrogen) atoms. The molecule has 0 aliphatic rings. The summed E-state index contributed by atoms with van der Waals surface area (Å²) in [5, 5.41) is 9.46. The van der Waals surface area contributed by atoms with Crippen LogP contribution in [0.4, 0.5) is 11.4 Å². The van der Waals surface area contributed by atoms with E-state index in [1.807, 2.05) is 11.8 Å². The average Bonchev–Trinajstić information content (AvgIpc) is 2.54. The van der Waals surface area contributed by atoms with E-state index in [-0.39, 0.29) is 21.4 Å². The molecule has 130 valence electrons. The molecular formula is C17H21ClN2O3S. The van der Waals surface area contributed by atoms with Crippen LogP contribution < -0.4 is 10.6 Å². The average molecular weight is 369 g/mol. The van der Waals surface area contributed by atoms with Crippen molar-refractivity contribution in [1.29, 1.82) is 0 Å². The first-order valence-corrected chi connectivity index (χ1v) is 9.44. The van der Waals surface area contributed by atoms with Crippen LogP contribution in [-0.2, 0) is 9.84 Å². The molecule has 0 radical (unpaired) electrons. The first kappa shape index (κ1) is 18.6. The Morgan fingerprint density at radius 1 is 1.25 bits per heavy atom. The monoisotopic (exact) mass is 368 g/mol. The lowest BCUT2D eigenvalue weighted by Gasteiger charge is -2.25. The molecule has 0 spiro atoms. The highest BCUT2D eigenvalue weighted by molar-refractivity contribution is 7.91. The summed E-state index contributed by atoms with van der Waals surface area (Å²) in [4.78, 5) is 2.15. The van der Waals surface area contributed by atoms with E-state index < -0.39 is 9.84 Å². The minimum absolute atomic E-state index is 0.0605. The summed E-state index contributed by atoms with van der Waals surface area (Å²) in [6, 6.07) is 9.61. The normalized spacial score (nSPS) is 11.5. The van der Waals surface area contributed by atoms with Crippen molar-refractivity contribution < 1.29 is 13.5 Å². The summed E-state index contributed by atoms with van der Waals surface area (Å²) in [5.41, 5.74) is 7.21. The van der Waals surface area contributed by atoms with E-state index in [9.17, 15) is 13.5 Å². The van der Waals surface area contributed by atoms with Gasteiger partial charge in [-0.05, 0) is 43.7 Å². The maximum Gasteiger partial charge on any atom is 0.208 e. The summed E-state index contributed by atoms with van der Waals surface area (Å²) < 4.78 is 26.3. The van der Waals surface area contributed by atoms with Gasteiger partial charge in [-0.2, -0.15) is 0 Å². The molecule has 2 aromatic carbocycles. The maximum absolute atomic E-state index is 13.2. The molecule has 0 aromatic heterocycles. The fourth-order valence-electron chi connectivity index (χ4n) is 2.60. The van der Waals surface area contributed by atoms with Crippen molar-refractivity contribution in [1.82, 2.24) is 0 Å². The molecule has 5 nitrogen and oxygen atoms in total. The number of hydrogen-bond acceptors (Lipinski definition) is 5. The lowest BCUT2D eigenvalue weighted by atomic mass is 10.2. The third-order valence-electron chi connectivity index (χ3n) is 3.83. The van der Waals surface area contributed by atoms with E-state index in [0.717, 1.165) is 0 Å². The lowest BCUT2D eigenvalue weighted by molar-refractivity contribution is 0.302. The molecule has 0 saturated carbocycles. The van der Waals surface area contributed by atoms with Crippen LogP contribution in [0.3, 0.4) is 0 Å². The van der Waals surface area contributed by atoms with Crippen molar-refractivity contribution in [3.8, 4) is 0 Å². The number of likely N-dealkylation sites (N-methyl/N-ethyl adjacent to an activating group) is 1. The second-order valence-corrected chi connectivity index (χ2v) is 7.71. The van der Waals surface area contributed by atoms with Gasteiger partial charge in [-0.15, -0.1) is 0 Å². The molecule has 0 aliphatic heterocycles. The van der Waals surface area contributed by atoms with Gasteiger partial charge < -0.3 is 15.7 Å². The van der Waals surface area contributed by atoms with E-state index in [0.29, 0.717) is 30.0 Å². The SMILES string of the molecule is CCN(CCO)c1cccc(C)c1S(=O)(=O)c1ccc(N)c(Cl)c1. The van der Waals surface area contributed by atoms with Crippen LogP contribution in [0.15, 0.2) is 46.2 Å². The summed E-state index contributed by atoms with van der Waals surface area (Å²) >= 11 is 5.99. The molecule has 2 aromatic rings. The van der Waals surface area contributed by atoms with E-state index in [2.05, 4.69) is 0 Å². The van der Waals surface area contributed by atoms with Gasteiger partial charge in [0.2, 0.25) is 9.84 Å². The highest BCUT2D eigenvalue weighted by atomic mass is 35.5. The second kappa shape index (κ2) is 7.42. The maximum atomic E-state index is 13.2. The number of nitrogens with two attached hydrogens (primary N) is 1. The van der Waals surface area contributed by atoms with Crippen molar-refractivity contribution in [3.63, 3.8) is 0 Å². The Morgan fingerprint density at radius 2 is 1.96 bits per heavy atom. The molecule has 0 unspecified atom stereocenters. The summed E-state index contributed by atoms with van der Waals surface area (Å²) in [7, 11) is -3.78. The van der Waals surface area contributed by atoms with Crippen LogP contribution in [-0.4, -0.2) is 33.2 Å². The number of halogens is 1. The van der Waals surface area contributed by atoms with E-state index in [1.54, 1.807) is 25.1 Å². The van der Waals surface area contributed by atoms with Crippen molar-refractivity contribution in [3.05, 3.63) is 47.0 Å². The molecule has 0 fully saturated rings. The molecular weight excluding hydrogens is 348 g/mol. The van der Waals surface area contributed by atoms with Gasteiger partial charge >= 0.3 is 0 Å². The van der Waals surface area contributed by atoms with Crippen LogP contribution in [0.2, 0.25) is 5.02 Å². The van der Waals surface area contributed by atoms with Crippen molar-refractivity contribution in [2.24, 2.45) is 0 Å². The number of sulfone groups is 1. The summed E-state index contributed by atoms with van der Waals surface area (Å²) in [6.45, 7) is 4.53. The minimum Gasteiger partial charge on any atom is -0.398 e. The molecule has 3 N–H and O–H groups in total. The zero-order chi connectivity index (χ0) is 17.9. The fourth-order valence-corrected chi connectivity index (χ4v) is 4.56. The predicted molar refractivity (Wildman–Crippen MR) is 97.5 cm³/mol. The molecule has 0 bridgehead atoms. The van der Waals surface area contributed by atoms with Crippen LogP contribution in [0.1, 0.15) is 12.5 Å². The minimum atomic E-state index is -3.78. The van der Waals surface area contributed by atoms with Crippen molar-refractivity contribution in [2.45, 2.75) is 23.6 Å². The van der Waals surface area contributed by atoms with Gasteiger partial charge in [0.25, 0.3) is 0 Å². The van der Waals surface area contributed by atoms with Gasteiger partial charge in [0, 0.05) is 13.1 Å². The Balaban J connectivity index is 2.67. The van der Waals surface area contributed by atoms with Gasteiger partial charge in [-0.25, -0.2) is 8.42 Å². The van der Waals surface area contributed by atoms with Crippen molar-refractivity contribution in [2.75, 3.05) is 30.3 Å². The number of anilines is 2. The number of rotatable bonds is 6. The number of nitrogen functional groups attached to an aromatic ring is 1. The zero-order valence-corrected chi connectivity index (χ0v) is 15.2. The van der Waals surface area contributed by atoms with Gasteiger partial charge in [-0.1, -0.05) is 23.7 Å². The van der Waals surface area contributed by atoms with Crippen molar-refractivity contribution >= 4 is 32.8 Å². The predicted octanol–water partition coefficient (Wildman–Crippen LogP) is 2.88. The Labute approximate surface area is 147 Å². The first-order valence-electron chi connectivity index (χ1n) is 7.58. The molecule has 0 amide bonds. The van der Waals surface area contributed by atoms with Crippen LogP contribution in [0, 0.1) is 6.92 Å². The highest BCUT2D eigenvalue weighted by Crippen LogP contribution is 2.34. The number of nitrogens with zero attached hydrogens (tertiary/aromatic N) is 1. The van der Waals surface area contributed by atoms with E-state index in [4.69, 9.17) is 17.3 Å². The number of aliphatic hydroxyl groups is 1. The van der Waals surface area contributed by atoms with E-state index >= 15 is 0 Å². The zero-order valence-electron chi connectivity index (χ0n) is 13.7. The molecule has 7 heteroatoms. The van der Waals surface area contributed by atoms with Crippen LogP contribution >= 0.6 is 11.6 Å². The van der Waals surface area contributed by atoms with Gasteiger partial charge in [0.1, 0.15) is 0 Å². The Bertz CT molecular complexity index is 838. The molecule has 0 atom stereocenters. The molecule has 0 saturated heterocycles. The number of aryl methyl sites for hydroxylation is 1. The molecule has 2 rings (SSSR count). The van der Waals surface area contributed by atoms with Gasteiger partial charge in [-0.3, -0.25) is 0 Å². The van der Waals surface area contributed by atoms with Crippen LogP contribution in [0.5, 0.6) is 0 Å². The van der Waals surface area contributed by atoms with Gasteiger partial charge in [0.05, 0.1) is 32.8 Å². The number of benzene rings is 2. The number of aliphatic hydroxyl groups excluding tert-OH is 1. The Kier molecular flexibility index (Phi) is 5.74. The lowest BCUT2D eigenvalue weighted by Crippen LogP contribution is -2.28. The smallest absolute Gasteiger partial charge is 0.208 e.